The Morgan fingerprint density at radius 3 is 1.82 bits per heavy atom. The molecule has 0 spiro atoms. The van der Waals surface area contributed by atoms with E-state index >= 15 is 0 Å². The Balaban J connectivity index is 1.92. The van der Waals surface area contributed by atoms with Crippen molar-refractivity contribution >= 4 is 16.3 Å². The summed E-state index contributed by atoms with van der Waals surface area (Å²) in [5, 5.41) is 3.96. The van der Waals surface area contributed by atoms with E-state index in [0.717, 1.165) is 22.9 Å². The molecule has 0 heterocycles. The first-order valence-corrected chi connectivity index (χ1v) is 14.0. The van der Waals surface area contributed by atoms with E-state index in [-0.39, 0.29) is 26.4 Å². The van der Waals surface area contributed by atoms with E-state index in [2.05, 4.69) is 5.16 Å². The molecule has 9 heteroatoms. The van der Waals surface area contributed by atoms with E-state index in [0.29, 0.717) is 0 Å². The number of rotatable bonds is 16. The van der Waals surface area contributed by atoms with Crippen LogP contribution in [-0.2, 0) is 53.2 Å². The lowest BCUT2D eigenvalue weighted by Gasteiger charge is -2.38. The molecule has 38 heavy (non-hydrogen) atoms. The van der Waals surface area contributed by atoms with Crippen LogP contribution in [0.1, 0.15) is 23.6 Å². The Bertz CT molecular complexity index is 1210. The maximum Gasteiger partial charge on any atom is 0.264 e. The number of hydrogen-bond donors (Lipinski definition) is 0. The fraction of sp³-hybridized carbons (Fsp3) is 0.345. The van der Waals surface area contributed by atoms with Crippen molar-refractivity contribution in [3.05, 3.63) is 108 Å². The zero-order chi connectivity index (χ0) is 27.3. The van der Waals surface area contributed by atoms with E-state index in [4.69, 9.17) is 23.2 Å². The molecule has 0 amide bonds. The van der Waals surface area contributed by atoms with Crippen LogP contribution in [0.3, 0.4) is 0 Å². The van der Waals surface area contributed by atoms with Crippen LogP contribution in [0.4, 0.5) is 0 Å². The van der Waals surface area contributed by atoms with Gasteiger partial charge in [-0.15, -0.1) is 0 Å². The van der Waals surface area contributed by atoms with Crippen molar-refractivity contribution in [2.45, 2.75) is 44.6 Å². The summed E-state index contributed by atoms with van der Waals surface area (Å²) in [6.07, 6.45) is 0.454. The highest BCUT2D eigenvalue weighted by Crippen LogP contribution is 2.27. The van der Waals surface area contributed by atoms with Gasteiger partial charge in [-0.25, -0.2) is 0 Å². The van der Waals surface area contributed by atoms with Gasteiger partial charge in [-0.3, -0.25) is 4.18 Å². The summed E-state index contributed by atoms with van der Waals surface area (Å²) in [6, 6.07) is 28.7. The Labute approximate surface area is 225 Å². The van der Waals surface area contributed by atoms with E-state index < -0.39 is 27.9 Å². The topological polar surface area (TPSA) is 92.7 Å². The minimum atomic E-state index is -3.89. The number of benzene rings is 3. The molecular weight excluding hydrogens is 506 g/mol. The average Bonchev–Trinajstić information content (AvgIpc) is 2.92. The van der Waals surface area contributed by atoms with E-state index in [1.165, 1.54) is 13.3 Å². The molecule has 3 atom stereocenters. The molecule has 0 aliphatic rings. The van der Waals surface area contributed by atoms with Crippen LogP contribution < -0.4 is 0 Å². The van der Waals surface area contributed by atoms with Gasteiger partial charge >= 0.3 is 0 Å². The second kappa shape index (κ2) is 14.8. The molecule has 0 bridgehead atoms. The molecule has 0 aromatic heterocycles. The second-order valence-electron chi connectivity index (χ2n) is 8.93. The van der Waals surface area contributed by atoms with Crippen LogP contribution in [0.5, 0.6) is 0 Å². The lowest BCUT2D eigenvalue weighted by molar-refractivity contribution is -0.156. The van der Waals surface area contributed by atoms with Crippen molar-refractivity contribution in [2.75, 3.05) is 20.0 Å². The third kappa shape index (κ3) is 10.00. The summed E-state index contributed by atoms with van der Waals surface area (Å²) < 4.78 is 48.8. The molecule has 0 aliphatic carbocycles. The molecular formula is C29H35NO7S. The first kappa shape index (κ1) is 29.5. The predicted molar refractivity (Wildman–Crippen MR) is 146 cm³/mol. The fourth-order valence-electron chi connectivity index (χ4n) is 3.82. The van der Waals surface area contributed by atoms with Gasteiger partial charge in [0.05, 0.1) is 38.9 Å². The first-order chi connectivity index (χ1) is 18.3. The van der Waals surface area contributed by atoms with Gasteiger partial charge in [0.15, 0.2) is 0 Å². The summed E-state index contributed by atoms with van der Waals surface area (Å²) >= 11 is 0. The van der Waals surface area contributed by atoms with Crippen LogP contribution in [-0.4, -0.2) is 52.4 Å². The minimum Gasteiger partial charge on any atom is -0.399 e. The van der Waals surface area contributed by atoms with Crippen molar-refractivity contribution < 1.29 is 31.6 Å². The standard InChI is InChI=1S/C29H35NO7S/c1-29(23-30-33-2,36-21-26-17-11-6-12-18-26)28(35-20-25-15-9-5-10-16-25)27(37-38(3,31)32)22-34-19-24-13-7-4-8-14-24/h4-18,23,27-28H,19-22H2,1-3H3/b30-23-. The summed E-state index contributed by atoms with van der Waals surface area (Å²) in [7, 11) is -2.47. The zero-order valence-corrected chi connectivity index (χ0v) is 22.8. The quantitative estimate of drug-likeness (QED) is 0.147. The molecule has 3 rings (SSSR count). The lowest BCUT2D eigenvalue weighted by atomic mass is 9.95. The SMILES string of the molecule is CO/N=C\C(C)(OCc1ccccc1)C(OCc1ccccc1)C(COCc1ccccc1)OS(C)(=O)=O. The van der Waals surface area contributed by atoms with Crippen molar-refractivity contribution in [3.8, 4) is 0 Å². The molecule has 0 aliphatic heterocycles. The van der Waals surface area contributed by atoms with Crippen molar-refractivity contribution in [1.82, 2.24) is 0 Å². The molecule has 0 radical (unpaired) electrons. The number of nitrogens with zero attached hydrogens (tertiary/aromatic N) is 1. The Kier molecular flexibility index (Phi) is 11.4. The third-order valence-corrected chi connectivity index (χ3v) is 6.27. The highest BCUT2D eigenvalue weighted by Gasteiger charge is 2.43. The van der Waals surface area contributed by atoms with Crippen molar-refractivity contribution in [2.24, 2.45) is 5.16 Å². The first-order valence-electron chi connectivity index (χ1n) is 12.2. The maximum absolute atomic E-state index is 12.3. The third-order valence-electron chi connectivity index (χ3n) is 5.67. The Hall–Kier alpha value is -3.08. The van der Waals surface area contributed by atoms with E-state index in [1.54, 1.807) is 6.92 Å². The Morgan fingerprint density at radius 1 is 0.816 bits per heavy atom. The summed E-state index contributed by atoms with van der Waals surface area (Å²) in [5.41, 5.74) is 1.50. The summed E-state index contributed by atoms with van der Waals surface area (Å²) in [4.78, 5) is 4.97. The van der Waals surface area contributed by atoms with Gasteiger partial charge < -0.3 is 19.0 Å². The van der Waals surface area contributed by atoms with Crippen LogP contribution in [0.2, 0.25) is 0 Å². The molecule has 3 unspecified atom stereocenters. The molecule has 0 N–H and O–H groups in total. The molecule has 0 saturated carbocycles. The van der Waals surface area contributed by atoms with Gasteiger partial charge in [-0.1, -0.05) is 96.2 Å². The zero-order valence-electron chi connectivity index (χ0n) is 21.9. The maximum atomic E-state index is 12.3. The van der Waals surface area contributed by atoms with Crippen molar-refractivity contribution in [3.63, 3.8) is 0 Å². The van der Waals surface area contributed by atoms with E-state index in [1.807, 2.05) is 91.0 Å². The van der Waals surface area contributed by atoms with Crippen LogP contribution in [0, 0.1) is 0 Å². The minimum absolute atomic E-state index is 0.0769. The van der Waals surface area contributed by atoms with Crippen LogP contribution in [0.15, 0.2) is 96.2 Å². The highest BCUT2D eigenvalue weighted by atomic mass is 32.2. The molecule has 3 aromatic rings. The van der Waals surface area contributed by atoms with Gasteiger partial charge in [0.2, 0.25) is 0 Å². The van der Waals surface area contributed by atoms with Crippen molar-refractivity contribution in [1.29, 1.82) is 0 Å². The predicted octanol–water partition coefficient (Wildman–Crippen LogP) is 4.74. The largest absolute Gasteiger partial charge is 0.399 e. The number of ether oxygens (including phenoxy) is 3. The molecule has 3 aromatic carbocycles. The number of oxime groups is 1. The van der Waals surface area contributed by atoms with Gasteiger partial charge in [-0.2, -0.15) is 8.42 Å². The van der Waals surface area contributed by atoms with Crippen LogP contribution in [0.25, 0.3) is 0 Å². The molecule has 204 valence electrons. The normalized spacial score (nSPS) is 15.1. The van der Waals surface area contributed by atoms with Gasteiger partial charge in [-0.05, 0) is 23.6 Å². The smallest absolute Gasteiger partial charge is 0.264 e. The molecule has 8 nitrogen and oxygen atoms in total. The van der Waals surface area contributed by atoms with E-state index in [9.17, 15) is 8.42 Å². The average molecular weight is 542 g/mol. The fourth-order valence-corrected chi connectivity index (χ4v) is 4.43. The molecule has 0 fully saturated rings. The lowest BCUT2D eigenvalue weighted by Crippen LogP contribution is -2.54. The van der Waals surface area contributed by atoms with Gasteiger partial charge in [0.1, 0.15) is 24.9 Å². The monoisotopic (exact) mass is 541 g/mol. The summed E-state index contributed by atoms with van der Waals surface area (Å²) in [6.45, 7) is 2.34. The van der Waals surface area contributed by atoms with Gasteiger partial charge in [0.25, 0.3) is 10.1 Å². The van der Waals surface area contributed by atoms with Crippen LogP contribution >= 0.6 is 0 Å². The highest BCUT2D eigenvalue weighted by molar-refractivity contribution is 7.86. The summed E-state index contributed by atoms with van der Waals surface area (Å²) in [5.74, 6) is 0. The second-order valence-corrected chi connectivity index (χ2v) is 10.5. The van der Waals surface area contributed by atoms with Gasteiger partial charge in [0, 0.05) is 0 Å². The molecule has 0 saturated heterocycles. The number of hydrogen-bond acceptors (Lipinski definition) is 8. The Morgan fingerprint density at radius 2 is 1.32 bits per heavy atom.